The van der Waals surface area contributed by atoms with Crippen LogP contribution in [0, 0.1) is 0 Å². The topological polar surface area (TPSA) is 96.9 Å². The van der Waals surface area contributed by atoms with Crippen molar-refractivity contribution in [3.05, 3.63) is 18.0 Å². The van der Waals surface area contributed by atoms with E-state index in [0.717, 1.165) is 19.4 Å². The highest BCUT2D eigenvalue weighted by Crippen LogP contribution is 2.30. The van der Waals surface area contributed by atoms with Gasteiger partial charge in [0, 0.05) is 12.7 Å². The normalized spacial score (nSPS) is 27.2. The zero-order valence-electron chi connectivity index (χ0n) is 11.3. The van der Waals surface area contributed by atoms with Gasteiger partial charge in [-0.05, 0) is 18.9 Å². The zero-order chi connectivity index (χ0) is 13.9. The van der Waals surface area contributed by atoms with Crippen LogP contribution in [0.3, 0.4) is 0 Å². The number of ether oxygens (including phenoxy) is 1. The van der Waals surface area contributed by atoms with Gasteiger partial charge >= 0.3 is 0 Å². The summed E-state index contributed by atoms with van der Waals surface area (Å²) in [4.78, 5) is 10.9. The highest BCUT2D eigenvalue weighted by molar-refractivity contribution is 5.95. The molecule has 1 aliphatic heterocycles. The van der Waals surface area contributed by atoms with E-state index in [1.54, 1.807) is 12.3 Å². The smallest absolute Gasteiger partial charge is 0.226 e. The van der Waals surface area contributed by atoms with E-state index in [1.807, 2.05) is 0 Å². The van der Waals surface area contributed by atoms with Crippen LogP contribution in [0.15, 0.2) is 17.4 Å². The number of hydrogen-bond donors (Lipinski definition) is 2. The van der Waals surface area contributed by atoms with Gasteiger partial charge in [0.1, 0.15) is 5.69 Å². The molecule has 0 amide bonds. The Morgan fingerprint density at radius 2 is 2.30 bits per heavy atom. The lowest BCUT2D eigenvalue weighted by atomic mass is 9.90. The molecule has 2 fully saturated rings. The molecule has 1 aliphatic carbocycles. The van der Waals surface area contributed by atoms with Crippen molar-refractivity contribution in [3.63, 3.8) is 0 Å². The molecular formula is C13H19N5O2. The van der Waals surface area contributed by atoms with Crippen LogP contribution in [0.25, 0.3) is 0 Å². The van der Waals surface area contributed by atoms with Gasteiger partial charge in [-0.25, -0.2) is 9.97 Å². The molecular weight excluding hydrogens is 258 g/mol. The minimum Gasteiger partial charge on any atom is -0.409 e. The molecule has 1 saturated carbocycles. The number of morpholine rings is 1. The molecule has 1 aromatic rings. The van der Waals surface area contributed by atoms with Gasteiger partial charge in [0.15, 0.2) is 5.84 Å². The predicted molar refractivity (Wildman–Crippen MR) is 73.9 cm³/mol. The third-order valence-corrected chi connectivity index (χ3v) is 4.00. The van der Waals surface area contributed by atoms with E-state index in [-0.39, 0.29) is 11.9 Å². The van der Waals surface area contributed by atoms with Crippen LogP contribution in [0.4, 0.5) is 5.95 Å². The first-order valence-corrected chi connectivity index (χ1v) is 6.99. The van der Waals surface area contributed by atoms with Crippen LogP contribution >= 0.6 is 0 Å². The first kappa shape index (κ1) is 13.1. The molecule has 0 spiro atoms. The van der Waals surface area contributed by atoms with Crippen LogP contribution < -0.4 is 10.6 Å². The molecule has 1 aromatic heterocycles. The maximum atomic E-state index is 8.75. The Kier molecular flexibility index (Phi) is 3.68. The Morgan fingerprint density at radius 1 is 1.45 bits per heavy atom. The van der Waals surface area contributed by atoms with Crippen molar-refractivity contribution in [1.82, 2.24) is 9.97 Å². The molecule has 1 saturated heterocycles. The van der Waals surface area contributed by atoms with Crippen LogP contribution in [0.2, 0.25) is 0 Å². The molecule has 3 rings (SSSR count). The van der Waals surface area contributed by atoms with E-state index in [2.05, 4.69) is 20.0 Å². The first-order chi connectivity index (χ1) is 9.79. The van der Waals surface area contributed by atoms with Crippen molar-refractivity contribution >= 4 is 11.8 Å². The van der Waals surface area contributed by atoms with Gasteiger partial charge in [-0.1, -0.05) is 18.0 Å². The second-order valence-corrected chi connectivity index (χ2v) is 5.18. The molecule has 2 heterocycles. The van der Waals surface area contributed by atoms with E-state index in [0.29, 0.717) is 24.3 Å². The second kappa shape index (κ2) is 5.62. The van der Waals surface area contributed by atoms with Crippen molar-refractivity contribution in [1.29, 1.82) is 0 Å². The molecule has 0 bridgehead atoms. The van der Waals surface area contributed by atoms with E-state index in [1.165, 1.54) is 12.8 Å². The van der Waals surface area contributed by atoms with Crippen molar-refractivity contribution in [3.8, 4) is 0 Å². The lowest BCUT2D eigenvalue weighted by Crippen LogP contribution is -2.53. The molecule has 2 unspecified atom stereocenters. The minimum atomic E-state index is 0.00195. The van der Waals surface area contributed by atoms with Crippen LogP contribution in [-0.4, -0.2) is 46.3 Å². The van der Waals surface area contributed by atoms with Crippen LogP contribution in [-0.2, 0) is 4.74 Å². The third-order valence-electron chi connectivity index (χ3n) is 4.00. The van der Waals surface area contributed by atoms with Gasteiger partial charge in [0.25, 0.3) is 0 Å². The fraction of sp³-hybridized carbons (Fsp3) is 0.615. The summed E-state index contributed by atoms with van der Waals surface area (Å²) in [6, 6.07) is 1.97. The van der Waals surface area contributed by atoms with E-state index < -0.39 is 0 Å². The number of nitrogens with zero attached hydrogens (tertiary/aromatic N) is 4. The number of fused-ring (bicyclic) bond motifs is 1. The van der Waals surface area contributed by atoms with Crippen LogP contribution in [0.5, 0.6) is 0 Å². The Morgan fingerprint density at radius 3 is 3.15 bits per heavy atom. The average molecular weight is 277 g/mol. The highest BCUT2D eigenvalue weighted by Gasteiger charge is 2.35. The average Bonchev–Trinajstić information content (AvgIpc) is 2.53. The maximum absolute atomic E-state index is 8.75. The summed E-state index contributed by atoms with van der Waals surface area (Å²) >= 11 is 0. The van der Waals surface area contributed by atoms with Gasteiger partial charge in [-0.15, -0.1) is 0 Å². The summed E-state index contributed by atoms with van der Waals surface area (Å²) < 4.78 is 5.85. The largest absolute Gasteiger partial charge is 0.409 e. The number of hydrogen-bond acceptors (Lipinski definition) is 6. The first-order valence-electron chi connectivity index (χ1n) is 6.99. The van der Waals surface area contributed by atoms with E-state index in [4.69, 9.17) is 15.7 Å². The Balaban J connectivity index is 1.87. The number of anilines is 1. The fourth-order valence-corrected chi connectivity index (χ4v) is 3.03. The number of aromatic nitrogens is 2. The Bertz CT molecular complexity index is 505. The summed E-state index contributed by atoms with van der Waals surface area (Å²) in [6.07, 6.45) is 6.54. The number of nitrogens with two attached hydrogens (primary N) is 1. The number of rotatable bonds is 2. The predicted octanol–water partition coefficient (Wildman–Crippen LogP) is 0.719. The van der Waals surface area contributed by atoms with Gasteiger partial charge < -0.3 is 20.6 Å². The van der Waals surface area contributed by atoms with Gasteiger partial charge in [0.05, 0.1) is 18.8 Å². The fourth-order valence-electron chi connectivity index (χ4n) is 3.03. The van der Waals surface area contributed by atoms with Crippen molar-refractivity contribution in [2.75, 3.05) is 18.1 Å². The molecule has 3 N–H and O–H groups in total. The molecule has 2 aliphatic rings. The molecule has 2 atom stereocenters. The SMILES string of the molecule is N/C(=N/O)c1ccnc(N2CCOC3CCCCC32)n1. The summed E-state index contributed by atoms with van der Waals surface area (Å²) in [7, 11) is 0. The van der Waals surface area contributed by atoms with Crippen molar-refractivity contribution in [2.45, 2.75) is 37.8 Å². The number of oxime groups is 1. The number of amidine groups is 1. The van der Waals surface area contributed by atoms with E-state index in [9.17, 15) is 0 Å². The maximum Gasteiger partial charge on any atom is 0.226 e. The van der Waals surface area contributed by atoms with E-state index >= 15 is 0 Å². The molecule has 0 aromatic carbocycles. The van der Waals surface area contributed by atoms with Crippen molar-refractivity contribution < 1.29 is 9.94 Å². The lowest BCUT2D eigenvalue weighted by molar-refractivity contribution is -0.00932. The standard InChI is InChI=1S/C13H19N5O2/c14-12(17-19)9-5-6-15-13(16-9)18-7-8-20-11-4-2-1-3-10(11)18/h5-6,10-11,19H,1-4,7-8H2,(H2,14,17). The monoisotopic (exact) mass is 277 g/mol. The lowest BCUT2D eigenvalue weighted by Gasteiger charge is -2.43. The van der Waals surface area contributed by atoms with Gasteiger partial charge in [-0.3, -0.25) is 0 Å². The Labute approximate surface area is 117 Å². The zero-order valence-corrected chi connectivity index (χ0v) is 11.3. The highest BCUT2D eigenvalue weighted by atomic mass is 16.5. The molecule has 7 nitrogen and oxygen atoms in total. The van der Waals surface area contributed by atoms with Gasteiger partial charge in [-0.2, -0.15) is 0 Å². The quantitative estimate of drug-likeness (QED) is 0.358. The third kappa shape index (κ3) is 2.40. The Hall–Kier alpha value is -1.89. The van der Waals surface area contributed by atoms with Crippen LogP contribution in [0.1, 0.15) is 31.4 Å². The summed E-state index contributed by atoms with van der Waals surface area (Å²) in [5, 5.41) is 11.7. The second-order valence-electron chi connectivity index (χ2n) is 5.18. The summed E-state index contributed by atoms with van der Waals surface area (Å²) in [6.45, 7) is 1.47. The summed E-state index contributed by atoms with van der Waals surface area (Å²) in [5.74, 6) is 0.636. The molecule has 0 radical (unpaired) electrons. The van der Waals surface area contributed by atoms with Gasteiger partial charge in [0.2, 0.25) is 5.95 Å². The van der Waals surface area contributed by atoms with Crippen molar-refractivity contribution in [2.24, 2.45) is 10.9 Å². The summed E-state index contributed by atoms with van der Waals surface area (Å²) in [5.41, 5.74) is 6.03. The molecule has 108 valence electrons. The minimum absolute atomic E-state index is 0.00195. The molecule has 7 heteroatoms. The molecule has 20 heavy (non-hydrogen) atoms.